The lowest BCUT2D eigenvalue weighted by Crippen LogP contribution is -2.66. The highest BCUT2D eigenvalue weighted by molar-refractivity contribution is 6.30. The fourth-order valence-electron chi connectivity index (χ4n) is 4.02. The Morgan fingerprint density at radius 1 is 0.929 bits per heavy atom. The van der Waals surface area contributed by atoms with Crippen molar-refractivity contribution in [3.8, 4) is 0 Å². The summed E-state index contributed by atoms with van der Waals surface area (Å²) in [5.74, 6) is 0. The average molecular weight is 394 g/mol. The molecule has 1 fully saturated rings. The van der Waals surface area contributed by atoms with Crippen LogP contribution in [0.1, 0.15) is 36.6 Å². The van der Waals surface area contributed by atoms with Crippen LogP contribution in [0.3, 0.4) is 0 Å². The first-order chi connectivity index (χ1) is 13.5. The Morgan fingerprint density at radius 2 is 1.50 bits per heavy atom. The maximum Gasteiger partial charge on any atom is 0.160 e. The number of hydrogen-bond donors (Lipinski definition) is 1. The highest BCUT2D eigenvalue weighted by atomic mass is 35.5. The number of aliphatic hydroxyl groups excluding tert-OH is 1. The molecule has 1 N–H and O–H groups in total. The van der Waals surface area contributed by atoms with Crippen LogP contribution < -0.4 is 0 Å². The van der Waals surface area contributed by atoms with Crippen molar-refractivity contribution in [3.05, 3.63) is 107 Å². The van der Waals surface area contributed by atoms with Gasteiger partial charge in [-0.05, 0) is 42.7 Å². The van der Waals surface area contributed by atoms with Crippen molar-refractivity contribution in [1.29, 1.82) is 0 Å². The Morgan fingerprint density at radius 3 is 2.07 bits per heavy atom. The van der Waals surface area contributed by atoms with Crippen LogP contribution in [-0.4, -0.2) is 16.8 Å². The second kappa shape index (κ2) is 7.34. The van der Waals surface area contributed by atoms with Crippen LogP contribution in [0.4, 0.5) is 0 Å². The maximum absolute atomic E-state index is 10.5. The van der Waals surface area contributed by atoms with Gasteiger partial charge in [-0.1, -0.05) is 84.4 Å². The molecule has 0 saturated carbocycles. The van der Waals surface area contributed by atoms with E-state index in [2.05, 4.69) is 26.0 Å². The van der Waals surface area contributed by atoms with Crippen molar-refractivity contribution in [1.82, 2.24) is 5.06 Å². The second-order valence-electron chi connectivity index (χ2n) is 7.71. The first-order valence-electron chi connectivity index (χ1n) is 9.45. The summed E-state index contributed by atoms with van der Waals surface area (Å²) in [7, 11) is 0. The van der Waals surface area contributed by atoms with Gasteiger partial charge in [-0.3, -0.25) is 4.84 Å². The third-order valence-corrected chi connectivity index (χ3v) is 5.90. The summed E-state index contributed by atoms with van der Waals surface area (Å²) < 4.78 is 0. The molecule has 1 saturated heterocycles. The molecule has 4 rings (SSSR count). The topological polar surface area (TPSA) is 32.7 Å². The van der Waals surface area contributed by atoms with Crippen LogP contribution in [0.2, 0.25) is 5.02 Å². The highest BCUT2D eigenvalue weighted by Crippen LogP contribution is 2.56. The van der Waals surface area contributed by atoms with Gasteiger partial charge in [-0.15, -0.1) is 0 Å². The van der Waals surface area contributed by atoms with E-state index in [9.17, 15) is 5.11 Å². The molecule has 0 spiro atoms. The van der Waals surface area contributed by atoms with Gasteiger partial charge in [0.15, 0.2) is 5.60 Å². The number of hydroxylamine groups is 2. The molecular weight excluding hydrogens is 370 g/mol. The lowest BCUT2D eigenvalue weighted by molar-refractivity contribution is -0.446. The summed E-state index contributed by atoms with van der Waals surface area (Å²) in [6.45, 7) is 4.15. The van der Waals surface area contributed by atoms with Gasteiger partial charge in [0.1, 0.15) is 0 Å². The molecule has 1 aliphatic rings. The van der Waals surface area contributed by atoms with Gasteiger partial charge in [-0.2, -0.15) is 5.06 Å². The van der Waals surface area contributed by atoms with E-state index in [0.29, 0.717) is 5.02 Å². The van der Waals surface area contributed by atoms with Crippen LogP contribution in [0, 0.1) is 0 Å². The Balaban J connectivity index is 1.81. The zero-order chi connectivity index (χ0) is 19.8. The fourth-order valence-corrected chi connectivity index (χ4v) is 4.14. The number of hydrogen-bond acceptors (Lipinski definition) is 3. The van der Waals surface area contributed by atoms with E-state index in [1.165, 1.54) is 0 Å². The van der Waals surface area contributed by atoms with E-state index in [0.717, 1.165) is 16.7 Å². The van der Waals surface area contributed by atoms with E-state index < -0.39 is 5.60 Å². The Kier molecular flexibility index (Phi) is 5.02. The molecule has 3 nitrogen and oxygen atoms in total. The van der Waals surface area contributed by atoms with Crippen molar-refractivity contribution in [2.75, 3.05) is 6.61 Å². The van der Waals surface area contributed by atoms with Gasteiger partial charge >= 0.3 is 0 Å². The van der Waals surface area contributed by atoms with E-state index in [-0.39, 0.29) is 18.2 Å². The van der Waals surface area contributed by atoms with E-state index in [1.54, 1.807) is 0 Å². The number of rotatable bonds is 5. The molecular formula is C24H24ClNO2. The van der Waals surface area contributed by atoms with Crippen LogP contribution >= 0.6 is 11.6 Å². The van der Waals surface area contributed by atoms with Crippen LogP contribution in [0.15, 0.2) is 84.9 Å². The van der Waals surface area contributed by atoms with Crippen molar-refractivity contribution in [3.63, 3.8) is 0 Å². The largest absolute Gasteiger partial charge is 0.393 e. The molecule has 0 aromatic heterocycles. The smallest absolute Gasteiger partial charge is 0.160 e. The first-order valence-corrected chi connectivity index (χ1v) is 9.83. The SMILES string of the molecule is CC(C)(c1ccccc1)N1O[C@@](CO)(c2ccccc2)[C@H]1c1ccc(Cl)cc1. The summed E-state index contributed by atoms with van der Waals surface area (Å²) in [4.78, 5) is 6.43. The third-order valence-electron chi connectivity index (χ3n) is 5.65. The minimum absolute atomic E-state index is 0.119. The molecule has 0 radical (unpaired) electrons. The number of halogens is 1. The molecule has 0 bridgehead atoms. The summed E-state index contributed by atoms with van der Waals surface area (Å²) in [6.07, 6.45) is 0. The van der Waals surface area contributed by atoms with Gasteiger partial charge in [0.25, 0.3) is 0 Å². The van der Waals surface area contributed by atoms with E-state index in [4.69, 9.17) is 16.4 Å². The van der Waals surface area contributed by atoms with Crippen LogP contribution in [-0.2, 0) is 16.0 Å². The molecule has 2 atom stereocenters. The molecule has 3 aromatic carbocycles. The predicted molar refractivity (Wildman–Crippen MR) is 112 cm³/mol. The fraction of sp³-hybridized carbons (Fsp3) is 0.250. The molecule has 3 aromatic rings. The molecule has 0 amide bonds. The first kappa shape index (κ1) is 19.2. The lowest BCUT2D eigenvalue weighted by atomic mass is 9.77. The minimum atomic E-state index is -0.832. The van der Waals surface area contributed by atoms with Crippen molar-refractivity contribution >= 4 is 11.6 Å². The van der Waals surface area contributed by atoms with Crippen LogP contribution in [0.25, 0.3) is 0 Å². The molecule has 4 heteroatoms. The van der Waals surface area contributed by atoms with Gasteiger partial charge in [0, 0.05) is 5.02 Å². The van der Waals surface area contributed by atoms with Gasteiger partial charge in [0.05, 0.1) is 18.2 Å². The molecule has 1 heterocycles. The van der Waals surface area contributed by atoms with Crippen molar-refractivity contribution < 1.29 is 9.94 Å². The van der Waals surface area contributed by atoms with E-state index in [1.807, 2.05) is 77.9 Å². The molecule has 1 aliphatic heterocycles. The Labute approximate surface area is 171 Å². The average Bonchev–Trinajstić information content (AvgIpc) is 2.71. The number of aliphatic hydroxyl groups is 1. The Hall–Kier alpha value is -2.17. The predicted octanol–water partition coefficient (Wildman–Crippen LogP) is 5.45. The monoisotopic (exact) mass is 393 g/mol. The number of benzene rings is 3. The van der Waals surface area contributed by atoms with Gasteiger partial charge in [0.2, 0.25) is 0 Å². The highest BCUT2D eigenvalue weighted by Gasteiger charge is 2.60. The van der Waals surface area contributed by atoms with E-state index >= 15 is 0 Å². The Bertz CT molecular complexity index is 928. The third kappa shape index (κ3) is 3.05. The van der Waals surface area contributed by atoms with Crippen LogP contribution in [0.5, 0.6) is 0 Å². The molecule has 28 heavy (non-hydrogen) atoms. The van der Waals surface area contributed by atoms with Gasteiger partial charge < -0.3 is 5.11 Å². The lowest BCUT2D eigenvalue weighted by Gasteiger charge is -2.61. The number of nitrogens with zero attached hydrogens (tertiary/aromatic N) is 1. The quantitative estimate of drug-likeness (QED) is 0.625. The molecule has 144 valence electrons. The van der Waals surface area contributed by atoms with Crippen molar-refractivity contribution in [2.24, 2.45) is 0 Å². The normalized spacial score (nSPS) is 22.6. The summed E-state index contributed by atoms with van der Waals surface area (Å²) >= 11 is 6.13. The van der Waals surface area contributed by atoms with Crippen molar-refractivity contribution in [2.45, 2.75) is 31.0 Å². The summed E-state index contributed by atoms with van der Waals surface area (Å²) in [6, 6.07) is 27.8. The molecule has 0 unspecified atom stereocenters. The maximum atomic E-state index is 10.5. The zero-order valence-corrected chi connectivity index (χ0v) is 16.8. The standard InChI is InChI=1S/C24H24ClNO2/c1-23(2,19-9-5-3-6-10-19)26-22(18-13-15-21(25)16-14-18)24(17-27,28-26)20-11-7-4-8-12-20/h3-16,22,27H,17H2,1-2H3/t22-,24+/m1/s1. The summed E-state index contributed by atoms with van der Waals surface area (Å²) in [5, 5.41) is 13.1. The second-order valence-corrected chi connectivity index (χ2v) is 8.15. The van der Waals surface area contributed by atoms with Gasteiger partial charge in [-0.25, -0.2) is 0 Å². The summed E-state index contributed by atoms with van der Waals surface area (Å²) in [5.41, 5.74) is 1.93. The molecule has 0 aliphatic carbocycles. The minimum Gasteiger partial charge on any atom is -0.393 e. The zero-order valence-electron chi connectivity index (χ0n) is 16.0.